The molecular weight excluding hydrogens is 148 g/mol. The predicted octanol–water partition coefficient (Wildman–Crippen LogP) is 1.06. The van der Waals surface area contributed by atoms with Crippen molar-refractivity contribution >= 4 is 5.97 Å². The van der Waals surface area contributed by atoms with Crippen molar-refractivity contribution in [3.05, 3.63) is 24.7 Å². The molecule has 0 aromatic heterocycles. The van der Waals surface area contributed by atoms with E-state index in [-0.39, 0.29) is 13.0 Å². The predicted molar refractivity (Wildman–Crippen MR) is 39.1 cm³/mol. The number of rotatable bonds is 4. The average molecular weight is 158 g/mol. The van der Waals surface area contributed by atoms with Gasteiger partial charge in [0.05, 0.1) is 18.9 Å². The molecule has 4 nitrogen and oxygen atoms in total. The SMILES string of the molecule is O=C(CC=CO)OCC=CO. The van der Waals surface area contributed by atoms with Gasteiger partial charge in [-0.3, -0.25) is 4.79 Å². The van der Waals surface area contributed by atoms with Crippen molar-refractivity contribution in [2.75, 3.05) is 6.61 Å². The maximum atomic E-state index is 10.6. The van der Waals surface area contributed by atoms with Crippen LogP contribution >= 0.6 is 0 Å². The van der Waals surface area contributed by atoms with Crippen molar-refractivity contribution in [3.8, 4) is 0 Å². The third kappa shape index (κ3) is 6.44. The Morgan fingerprint density at radius 3 is 2.45 bits per heavy atom. The first-order valence-corrected chi connectivity index (χ1v) is 3.05. The normalized spacial score (nSPS) is 10.9. The summed E-state index contributed by atoms with van der Waals surface area (Å²) < 4.78 is 4.54. The number of hydrogen-bond donors (Lipinski definition) is 2. The standard InChI is InChI=1S/C7H10O4/c8-4-1-3-7(10)11-6-2-5-9/h1-2,4-5,8-9H,3,6H2. The number of ether oxygens (including phenoxy) is 1. The van der Waals surface area contributed by atoms with Crippen LogP contribution in [0.3, 0.4) is 0 Å². The van der Waals surface area contributed by atoms with Gasteiger partial charge in [0.15, 0.2) is 0 Å². The van der Waals surface area contributed by atoms with Crippen LogP contribution in [0.1, 0.15) is 6.42 Å². The molecule has 0 aliphatic carbocycles. The molecule has 11 heavy (non-hydrogen) atoms. The van der Waals surface area contributed by atoms with E-state index in [4.69, 9.17) is 10.2 Å². The first kappa shape index (κ1) is 9.55. The Morgan fingerprint density at radius 1 is 1.27 bits per heavy atom. The number of hydrogen-bond acceptors (Lipinski definition) is 4. The summed E-state index contributed by atoms with van der Waals surface area (Å²) in [5.74, 6) is -0.451. The lowest BCUT2D eigenvalue weighted by Gasteiger charge is -1.96. The third-order valence-electron chi connectivity index (χ3n) is 0.836. The van der Waals surface area contributed by atoms with Gasteiger partial charge in [-0.1, -0.05) is 0 Å². The second kappa shape index (κ2) is 6.67. The average Bonchev–Trinajstić information content (AvgIpc) is 2.01. The first-order valence-electron chi connectivity index (χ1n) is 3.05. The van der Waals surface area contributed by atoms with Crippen molar-refractivity contribution in [3.63, 3.8) is 0 Å². The molecule has 0 fully saturated rings. The van der Waals surface area contributed by atoms with Gasteiger partial charge in [0.2, 0.25) is 0 Å². The number of esters is 1. The lowest BCUT2D eigenvalue weighted by molar-refractivity contribution is -0.141. The molecule has 4 heteroatoms. The number of aliphatic hydroxyl groups is 2. The van der Waals surface area contributed by atoms with Crippen LogP contribution in [0, 0.1) is 0 Å². The van der Waals surface area contributed by atoms with Gasteiger partial charge >= 0.3 is 5.97 Å². The molecule has 0 bridgehead atoms. The van der Waals surface area contributed by atoms with E-state index in [1.165, 1.54) is 12.2 Å². The minimum absolute atomic E-state index is 0.0375. The van der Waals surface area contributed by atoms with Crippen molar-refractivity contribution in [1.82, 2.24) is 0 Å². The molecule has 0 spiro atoms. The molecular formula is C7H10O4. The van der Waals surface area contributed by atoms with Gasteiger partial charge in [0.1, 0.15) is 6.61 Å². The summed E-state index contributed by atoms with van der Waals surface area (Å²) in [5.41, 5.74) is 0. The molecule has 0 atom stereocenters. The van der Waals surface area contributed by atoms with Crippen LogP contribution in [-0.4, -0.2) is 22.8 Å². The van der Waals surface area contributed by atoms with Gasteiger partial charge in [0.25, 0.3) is 0 Å². The topological polar surface area (TPSA) is 66.8 Å². The van der Waals surface area contributed by atoms with Gasteiger partial charge in [-0.05, 0) is 12.2 Å². The molecule has 0 amide bonds. The summed E-state index contributed by atoms with van der Waals surface area (Å²) in [5, 5.41) is 16.3. The fourth-order valence-electron chi connectivity index (χ4n) is 0.392. The smallest absolute Gasteiger partial charge is 0.310 e. The van der Waals surface area contributed by atoms with Gasteiger partial charge in [0, 0.05) is 0 Å². The van der Waals surface area contributed by atoms with Crippen LogP contribution < -0.4 is 0 Å². The third-order valence-corrected chi connectivity index (χ3v) is 0.836. The molecule has 0 aromatic carbocycles. The van der Waals surface area contributed by atoms with Crippen molar-refractivity contribution in [2.45, 2.75) is 6.42 Å². The highest BCUT2D eigenvalue weighted by atomic mass is 16.5. The summed E-state index contributed by atoms with van der Waals surface area (Å²) in [4.78, 5) is 10.6. The molecule has 2 N–H and O–H groups in total. The van der Waals surface area contributed by atoms with Gasteiger partial charge in [-0.25, -0.2) is 0 Å². The van der Waals surface area contributed by atoms with E-state index in [1.54, 1.807) is 0 Å². The molecule has 0 heterocycles. The summed E-state index contributed by atoms with van der Waals surface area (Å²) in [6, 6.07) is 0. The maximum absolute atomic E-state index is 10.6. The first-order chi connectivity index (χ1) is 5.31. The second-order valence-corrected chi connectivity index (χ2v) is 1.66. The Kier molecular flexibility index (Phi) is 5.79. The zero-order chi connectivity index (χ0) is 8.53. The highest BCUT2D eigenvalue weighted by molar-refractivity contribution is 5.71. The number of aliphatic hydroxyl groups excluding tert-OH is 2. The zero-order valence-electron chi connectivity index (χ0n) is 5.93. The van der Waals surface area contributed by atoms with Gasteiger partial charge in [-0.2, -0.15) is 0 Å². The van der Waals surface area contributed by atoms with Crippen LogP contribution in [0.25, 0.3) is 0 Å². The summed E-state index contributed by atoms with van der Waals surface area (Å²) in [6.45, 7) is 0.0502. The summed E-state index contributed by atoms with van der Waals surface area (Å²) in [7, 11) is 0. The van der Waals surface area contributed by atoms with Crippen molar-refractivity contribution < 1.29 is 19.7 Å². The fourth-order valence-corrected chi connectivity index (χ4v) is 0.392. The molecule has 0 rings (SSSR count). The molecule has 0 aliphatic heterocycles. The van der Waals surface area contributed by atoms with E-state index in [0.717, 1.165) is 12.5 Å². The van der Waals surface area contributed by atoms with E-state index in [2.05, 4.69) is 4.74 Å². The molecule has 62 valence electrons. The van der Waals surface area contributed by atoms with E-state index in [1.807, 2.05) is 0 Å². The Hall–Kier alpha value is -1.45. The Bertz CT molecular complexity index is 160. The summed E-state index contributed by atoms with van der Waals surface area (Å²) in [6.07, 6.45) is 4.18. The van der Waals surface area contributed by atoms with Crippen LogP contribution in [0.2, 0.25) is 0 Å². The molecule has 0 saturated heterocycles. The van der Waals surface area contributed by atoms with E-state index < -0.39 is 5.97 Å². The van der Waals surface area contributed by atoms with Crippen molar-refractivity contribution in [1.29, 1.82) is 0 Å². The molecule has 0 aromatic rings. The second-order valence-electron chi connectivity index (χ2n) is 1.66. The minimum Gasteiger partial charge on any atom is -0.516 e. The lowest BCUT2D eigenvalue weighted by Crippen LogP contribution is -2.02. The van der Waals surface area contributed by atoms with E-state index in [9.17, 15) is 4.79 Å². The fraction of sp³-hybridized carbons (Fsp3) is 0.286. The Balaban J connectivity index is 3.37. The molecule has 0 aliphatic rings. The minimum atomic E-state index is -0.451. The van der Waals surface area contributed by atoms with Gasteiger partial charge in [-0.15, -0.1) is 0 Å². The van der Waals surface area contributed by atoms with E-state index in [0.29, 0.717) is 0 Å². The van der Waals surface area contributed by atoms with E-state index >= 15 is 0 Å². The number of carbonyl (C=O) groups is 1. The molecule has 0 radical (unpaired) electrons. The Morgan fingerprint density at radius 2 is 1.91 bits per heavy atom. The maximum Gasteiger partial charge on any atom is 0.310 e. The monoisotopic (exact) mass is 158 g/mol. The quantitative estimate of drug-likeness (QED) is 0.474. The molecule has 0 unspecified atom stereocenters. The van der Waals surface area contributed by atoms with Crippen molar-refractivity contribution in [2.24, 2.45) is 0 Å². The largest absolute Gasteiger partial charge is 0.516 e. The summed E-state index contributed by atoms with van der Waals surface area (Å²) >= 11 is 0. The number of carbonyl (C=O) groups excluding carboxylic acids is 1. The van der Waals surface area contributed by atoms with Crippen LogP contribution in [0.5, 0.6) is 0 Å². The Labute approximate surface area is 64.4 Å². The van der Waals surface area contributed by atoms with Gasteiger partial charge < -0.3 is 14.9 Å². The lowest BCUT2D eigenvalue weighted by atomic mass is 10.4. The van der Waals surface area contributed by atoms with Crippen LogP contribution in [0.4, 0.5) is 0 Å². The zero-order valence-corrected chi connectivity index (χ0v) is 5.93. The highest BCUT2D eigenvalue weighted by Gasteiger charge is 1.95. The van der Waals surface area contributed by atoms with Crippen LogP contribution in [-0.2, 0) is 9.53 Å². The van der Waals surface area contributed by atoms with Crippen LogP contribution in [0.15, 0.2) is 24.7 Å². The molecule has 0 saturated carbocycles. The highest BCUT2D eigenvalue weighted by Crippen LogP contribution is 1.87.